The van der Waals surface area contributed by atoms with Crippen LogP contribution in [0.25, 0.3) is 5.57 Å². The number of aromatic nitrogens is 2. The zero-order valence-electron chi connectivity index (χ0n) is 7.31. The van der Waals surface area contributed by atoms with Gasteiger partial charge in [-0.1, -0.05) is 27.4 Å². The molecule has 0 amide bonds. The Balaban J connectivity index is 2.88. The predicted molar refractivity (Wildman–Crippen MR) is 47.1 cm³/mol. The number of aromatic amines is 1. The summed E-state index contributed by atoms with van der Waals surface area (Å²) in [5.41, 5.74) is 2.24. The molecule has 1 N–H and O–H groups in total. The molecule has 60 valence electrons. The SMILES string of the molecule is C=C(c1cnc[nH]1)C(C)(C)C. The Bertz CT molecular complexity index is 239. The van der Waals surface area contributed by atoms with Crippen LogP contribution in [0.1, 0.15) is 26.5 Å². The Labute approximate surface area is 67.4 Å². The fourth-order valence-corrected chi connectivity index (χ4v) is 0.825. The maximum Gasteiger partial charge on any atom is 0.0924 e. The van der Waals surface area contributed by atoms with E-state index in [0.717, 1.165) is 11.3 Å². The van der Waals surface area contributed by atoms with E-state index in [1.54, 1.807) is 12.5 Å². The number of allylic oxidation sites excluding steroid dienone is 1. The van der Waals surface area contributed by atoms with Crippen molar-refractivity contribution in [3.8, 4) is 0 Å². The molecule has 0 fully saturated rings. The minimum absolute atomic E-state index is 0.118. The van der Waals surface area contributed by atoms with Crippen LogP contribution in [0, 0.1) is 5.41 Å². The van der Waals surface area contributed by atoms with Crippen LogP contribution in [0.3, 0.4) is 0 Å². The number of hydrogen-bond acceptors (Lipinski definition) is 1. The summed E-state index contributed by atoms with van der Waals surface area (Å²) in [6, 6.07) is 0. The molecular formula is C9H14N2. The number of rotatable bonds is 1. The summed E-state index contributed by atoms with van der Waals surface area (Å²) in [5.74, 6) is 0. The molecule has 0 saturated heterocycles. The Morgan fingerprint density at radius 3 is 2.55 bits per heavy atom. The van der Waals surface area contributed by atoms with E-state index in [4.69, 9.17) is 0 Å². The van der Waals surface area contributed by atoms with Crippen molar-refractivity contribution in [1.29, 1.82) is 0 Å². The standard InChI is InChI=1S/C9H14N2/c1-7(9(2,3)4)8-5-10-6-11-8/h5-6H,1H2,2-4H3,(H,10,11). The number of hydrogen-bond donors (Lipinski definition) is 1. The van der Waals surface area contributed by atoms with Crippen molar-refractivity contribution in [2.24, 2.45) is 5.41 Å². The summed E-state index contributed by atoms with van der Waals surface area (Å²) in [5, 5.41) is 0. The molecule has 1 heterocycles. The lowest BCUT2D eigenvalue weighted by molar-refractivity contribution is 0.566. The van der Waals surface area contributed by atoms with Gasteiger partial charge >= 0.3 is 0 Å². The number of nitrogens with one attached hydrogen (secondary N) is 1. The zero-order valence-corrected chi connectivity index (χ0v) is 7.31. The van der Waals surface area contributed by atoms with Crippen LogP contribution in [0.4, 0.5) is 0 Å². The summed E-state index contributed by atoms with van der Waals surface area (Å²) < 4.78 is 0. The molecule has 0 unspecified atom stereocenters. The highest BCUT2D eigenvalue weighted by atomic mass is 14.9. The van der Waals surface area contributed by atoms with E-state index in [1.165, 1.54) is 0 Å². The van der Waals surface area contributed by atoms with E-state index in [1.807, 2.05) is 0 Å². The number of nitrogens with zero attached hydrogens (tertiary/aromatic N) is 1. The van der Waals surface area contributed by atoms with Crippen molar-refractivity contribution in [3.05, 3.63) is 24.8 Å². The number of H-pyrrole nitrogens is 1. The fourth-order valence-electron chi connectivity index (χ4n) is 0.825. The number of imidazole rings is 1. The second kappa shape index (κ2) is 2.53. The molecule has 11 heavy (non-hydrogen) atoms. The van der Waals surface area contributed by atoms with Crippen molar-refractivity contribution < 1.29 is 0 Å². The van der Waals surface area contributed by atoms with E-state index in [9.17, 15) is 0 Å². The van der Waals surface area contributed by atoms with Crippen molar-refractivity contribution in [2.75, 3.05) is 0 Å². The lowest BCUT2D eigenvalue weighted by Gasteiger charge is -2.20. The molecule has 0 aliphatic rings. The van der Waals surface area contributed by atoms with Crippen molar-refractivity contribution in [2.45, 2.75) is 20.8 Å². The van der Waals surface area contributed by atoms with Gasteiger partial charge in [0.05, 0.1) is 18.2 Å². The van der Waals surface area contributed by atoms with Crippen LogP contribution >= 0.6 is 0 Å². The van der Waals surface area contributed by atoms with E-state index in [0.29, 0.717) is 0 Å². The molecule has 0 bridgehead atoms. The molecule has 2 nitrogen and oxygen atoms in total. The first-order valence-corrected chi connectivity index (χ1v) is 3.70. The van der Waals surface area contributed by atoms with E-state index >= 15 is 0 Å². The summed E-state index contributed by atoms with van der Waals surface area (Å²) in [6.45, 7) is 10.4. The molecule has 0 radical (unpaired) electrons. The topological polar surface area (TPSA) is 28.7 Å². The molecule has 0 spiro atoms. The maximum atomic E-state index is 4.00. The second-order valence-corrected chi connectivity index (χ2v) is 3.69. The lowest BCUT2D eigenvalue weighted by Crippen LogP contribution is -2.07. The summed E-state index contributed by atoms with van der Waals surface area (Å²) in [4.78, 5) is 6.97. The molecular weight excluding hydrogens is 136 g/mol. The van der Waals surface area contributed by atoms with Gasteiger partial charge in [0.2, 0.25) is 0 Å². The average molecular weight is 150 g/mol. The quantitative estimate of drug-likeness (QED) is 0.654. The average Bonchev–Trinajstić information content (AvgIpc) is 2.34. The van der Waals surface area contributed by atoms with Crippen LogP contribution < -0.4 is 0 Å². The summed E-state index contributed by atoms with van der Waals surface area (Å²) >= 11 is 0. The van der Waals surface area contributed by atoms with Crippen LogP contribution in [-0.4, -0.2) is 9.97 Å². The van der Waals surface area contributed by atoms with Crippen LogP contribution in [0.5, 0.6) is 0 Å². The third kappa shape index (κ3) is 1.70. The lowest BCUT2D eigenvalue weighted by atomic mass is 9.86. The van der Waals surface area contributed by atoms with Crippen molar-refractivity contribution in [3.63, 3.8) is 0 Å². The second-order valence-electron chi connectivity index (χ2n) is 3.69. The van der Waals surface area contributed by atoms with Gasteiger partial charge in [-0.25, -0.2) is 4.98 Å². The van der Waals surface area contributed by atoms with Gasteiger partial charge in [0, 0.05) is 0 Å². The van der Waals surface area contributed by atoms with E-state index < -0.39 is 0 Å². The Kier molecular flexibility index (Phi) is 1.85. The van der Waals surface area contributed by atoms with Gasteiger partial charge in [-0.15, -0.1) is 0 Å². The Hall–Kier alpha value is -1.05. The molecule has 0 aromatic carbocycles. The molecule has 1 rings (SSSR count). The van der Waals surface area contributed by atoms with Crippen molar-refractivity contribution in [1.82, 2.24) is 9.97 Å². The van der Waals surface area contributed by atoms with Crippen LogP contribution in [0.15, 0.2) is 19.1 Å². The Morgan fingerprint density at radius 1 is 1.55 bits per heavy atom. The van der Waals surface area contributed by atoms with Gasteiger partial charge in [-0.2, -0.15) is 0 Å². The minimum atomic E-state index is 0.118. The smallest absolute Gasteiger partial charge is 0.0924 e. The Morgan fingerprint density at radius 2 is 2.18 bits per heavy atom. The largest absolute Gasteiger partial charge is 0.345 e. The molecule has 2 heteroatoms. The molecule has 0 aliphatic carbocycles. The first-order chi connectivity index (χ1) is 5.02. The van der Waals surface area contributed by atoms with Gasteiger partial charge in [0.15, 0.2) is 0 Å². The monoisotopic (exact) mass is 150 g/mol. The van der Waals surface area contributed by atoms with E-state index in [-0.39, 0.29) is 5.41 Å². The zero-order chi connectivity index (χ0) is 8.48. The van der Waals surface area contributed by atoms with E-state index in [2.05, 4.69) is 37.3 Å². The van der Waals surface area contributed by atoms with Gasteiger partial charge in [0.1, 0.15) is 0 Å². The van der Waals surface area contributed by atoms with Crippen molar-refractivity contribution >= 4 is 5.57 Å². The summed E-state index contributed by atoms with van der Waals surface area (Å²) in [6.07, 6.45) is 3.47. The first-order valence-electron chi connectivity index (χ1n) is 3.70. The summed E-state index contributed by atoms with van der Waals surface area (Å²) in [7, 11) is 0. The minimum Gasteiger partial charge on any atom is -0.345 e. The first kappa shape index (κ1) is 8.05. The van der Waals surface area contributed by atoms with Crippen LogP contribution in [0.2, 0.25) is 0 Å². The maximum absolute atomic E-state index is 4.00. The highest BCUT2D eigenvalue weighted by Gasteiger charge is 2.16. The third-order valence-electron chi connectivity index (χ3n) is 1.73. The molecule has 0 saturated carbocycles. The highest BCUT2D eigenvalue weighted by molar-refractivity contribution is 5.63. The van der Waals surface area contributed by atoms with Gasteiger partial charge < -0.3 is 4.98 Å². The van der Waals surface area contributed by atoms with Gasteiger partial charge in [-0.05, 0) is 11.0 Å². The molecule has 1 aromatic rings. The predicted octanol–water partition coefficient (Wildman–Crippen LogP) is 2.47. The highest BCUT2D eigenvalue weighted by Crippen LogP contribution is 2.30. The normalized spacial score (nSPS) is 11.5. The van der Waals surface area contributed by atoms with Gasteiger partial charge in [-0.3, -0.25) is 0 Å². The molecule has 0 aliphatic heterocycles. The van der Waals surface area contributed by atoms with Crippen LogP contribution in [-0.2, 0) is 0 Å². The molecule has 0 atom stereocenters. The molecule has 1 aromatic heterocycles. The van der Waals surface area contributed by atoms with Gasteiger partial charge in [0.25, 0.3) is 0 Å². The fraction of sp³-hybridized carbons (Fsp3) is 0.444. The third-order valence-corrected chi connectivity index (χ3v) is 1.73.